The van der Waals surface area contributed by atoms with E-state index in [2.05, 4.69) is 86.8 Å². The minimum atomic E-state index is -4.54. The summed E-state index contributed by atoms with van der Waals surface area (Å²) in [4.78, 5) is 25.1. The van der Waals surface area contributed by atoms with Crippen LogP contribution in [0.2, 0.25) is 0 Å². The number of esters is 1. The van der Waals surface area contributed by atoms with Gasteiger partial charge in [0, 0.05) is 13.0 Å². The van der Waals surface area contributed by atoms with Crippen LogP contribution in [0.4, 0.5) is 0 Å². The second kappa shape index (κ2) is 40.7. The highest BCUT2D eigenvalue weighted by atomic mass is 31.2. The fourth-order valence-electron chi connectivity index (χ4n) is 5.74. The van der Waals surface area contributed by atoms with Crippen LogP contribution in [0.1, 0.15) is 168 Å². The molecule has 0 aliphatic rings. The molecule has 0 aliphatic heterocycles. The van der Waals surface area contributed by atoms with Crippen LogP contribution < -0.4 is 4.89 Å². The van der Waals surface area contributed by atoms with E-state index in [1.807, 2.05) is 21.1 Å². The molecule has 0 aromatic carbocycles. The Kier molecular flexibility index (Phi) is 39.2. The van der Waals surface area contributed by atoms with Gasteiger partial charge in [-0.3, -0.25) is 9.36 Å². The number of hydrogen-bond donors (Lipinski definition) is 0. The molecule has 330 valence electrons. The zero-order valence-corrected chi connectivity index (χ0v) is 38.2. The smallest absolute Gasteiger partial charge is 0.306 e. The van der Waals surface area contributed by atoms with Crippen molar-refractivity contribution < 1.29 is 37.3 Å². The zero-order chi connectivity index (χ0) is 42.0. The molecular formula is C48H86NO7P. The maximum absolute atomic E-state index is 12.7. The van der Waals surface area contributed by atoms with Gasteiger partial charge in [0.1, 0.15) is 19.3 Å². The molecule has 0 aromatic rings. The molecule has 0 saturated heterocycles. The lowest BCUT2D eigenvalue weighted by Gasteiger charge is -2.28. The highest BCUT2D eigenvalue weighted by Gasteiger charge is 2.20. The average Bonchev–Trinajstić information content (AvgIpc) is 3.16. The second-order valence-corrected chi connectivity index (χ2v) is 17.4. The van der Waals surface area contributed by atoms with Crippen molar-refractivity contribution in [3.8, 4) is 0 Å². The highest BCUT2D eigenvalue weighted by Crippen LogP contribution is 2.38. The van der Waals surface area contributed by atoms with E-state index in [1.165, 1.54) is 64.2 Å². The van der Waals surface area contributed by atoms with Crippen LogP contribution in [0.5, 0.6) is 0 Å². The lowest BCUT2D eigenvalue weighted by Crippen LogP contribution is -2.37. The van der Waals surface area contributed by atoms with Gasteiger partial charge >= 0.3 is 5.97 Å². The Hall–Kier alpha value is -2.06. The third-order valence-electron chi connectivity index (χ3n) is 9.24. The number of allylic oxidation sites excluding steroid dienone is 12. The Morgan fingerprint density at radius 1 is 0.561 bits per heavy atom. The van der Waals surface area contributed by atoms with Crippen molar-refractivity contribution in [2.75, 3.05) is 54.1 Å². The number of carbonyl (C=O) groups excluding carboxylic acids is 1. The monoisotopic (exact) mass is 820 g/mol. The van der Waals surface area contributed by atoms with Crippen molar-refractivity contribution in [2.24, 2.45) is 0 Å². The first-order chi connectivity index (χ1) is 27.6. The van der Waals surface area contributed by atoms with Gasteiger partial charge < -0.3 is 27.9 Å². The fourth-order valence-corrected chi connectivity index (χ4v) is 6.47. The molecule has 57 heavy (non-hydrogen) atoms. The summed E-state index contributed by atoms with van der Waals surface area (Å²) in [7, 11) is 1.33. The van der Waals surface area contributed by atoms with Crippen molar-refractivity contribution in [3.05, 3.63) is 72.9 Å². The van der Waals surface area contributed by atoms with Gasteiger partial charge in [-0.25, -0.2) is 0 Å². The summed E-state index contributed by atoms with van der Waals surface area (Å²) in [5.74, 6) is -0.357. The van der Waals surface area contributed by atoms with Gasteiger partial charge in [-0.1, -0.05) is 151 Å². The summed E-state index contributed by atoms with van der Waals surface area (Å²) in [5, 5.41) is 0. The standard InChI is InChI=1S/C48H86NO7P/c1-6-8-10-12-14-16-18-20-22-23-24-25-26-27-28-29-31-33-35-37-39-41-48(50)56-47(46-55-57(51,52)54-44-42-49(3,4)5)45-53-43-40-38-36-34-32-30-21-19-17-15-13-11-9-7-2/h8,10,14,16-17,19-20,22,24-25,27-28,47H,6-7,9,11-13,15,18,21,23,26,29-46H2,1-5H3/b10-8-,16-14-,19-17-,22-20-,25-24-,28-27-. The normalized spacial score (nSPS) is 14.4. The molecule has 0 radical (unpaired) electrons. The minimum absolute atomic E-state index is 0.0172. The van der Waals surface area contributed by atoms with Crippen LogP contribution in [0.25, 0.3) is 0 Å². The summed E-state index contributed by atoms with van der Waals surface area (Å²) in [6.45, 7) is 5.23. The summed E-state index contributed by atoms with van der Waals surface area (Å²) in [6, 6.07) is 0. The molecule has 0 fully saturated rings. The number of hydrogen-bond acceptors (Lipinski definition) is 7. The van der Waals surface area contributed by atoms with Crippen LogP contribution in [-0.2, 0) is 27.9 Å². The zero-order valence-electron chi connectivity index (χ0n) is 37.3. The molecule has 8 nitrogen and oxygen atoms in total. The van der Waals surface area contributed by atoms with Crippen molar-refractivity contribution in [2.45, 2.75) is 174 Å². The number of nitrogens with zero attached hydrogens (tertiary/aromatic N) is 1. The molecule has 0 heterocycles. The van der Waals surface area contributed by atoms with E-state index in [1.54, 1.807) is 0 Å². The topological polar surface area (TPSA) is 94.1 Å². The Morgan fingerprint density at radius 3 is 1.54 bits per heavy atom. The SMILES string of the molecule is CC/C=C\C/C=C\C/C=C\C/C=C\C/C=C\CCCCCCCC(=O)OC(COCCCCCCCC/C=C\CCCCCC)COP(=O)([O-])OCC[N+](C)(C)C. The molecule has 0 saturated carbocycles. The number of unbranched alkanes of at least 4 members (excludes halogenated alkanes) is 15. The van der Waals surface area contributed by atoms with Crippen molar-refractivity contribution in [1.29, 1.82) is 0 Å². The predicted molar refractivity (Wildman–Crippen MR) is 240 cm³/mol. The van der Waals surface area contributed by atoms with Gasteiger partial charge in [0.15, 0.2) is 0 Å². The third-order valence-corrected chi connectivity index (χ3v) is 10.2. The van der Waals surface area contributed by atoms with E-state index in [9.17, 15) is 14.3 Å². The first-order valence-corrected chi connectivity index (χ1v) is 24.1. The molecule has 0 rings (SSSR count). The van der Waals surface area contributed by atoms with Gasteiger partial charge in [0.2, 0.25) is 0 Å². The number of likely N-dealkylation sites (N-methyl/N-ethyl adjacent to an activating group) is 1. The molecule has 9 heteroatoms. The van der Waals surface area contributed by atoms with Crippen molar-refractivity contribution in [3.63, 3.8) is 0 Å². The lowest BCUT2D eigenvalue weighted by molar-refractivity contribution is -0.870. The minimum Gasteiger partial charge on any atom is -0.756 e. The highest BCUT2D eigenvalue weighted by molar-refractivity contribution is 7.45. The van der Waals surface area contributed by atoms with Gasteiger partial charge in [-0.05, 0) is 83.5 Å². The number of phosphoric ester groups is 1. The Balaban J connectivity index is 4.28. The van der Waals surface area contributed by atoms with Gasteiger partial charge in [-0.15, -0.1) is 0 Å². The van der Waals surface area contributed by atoms with Crippen LogP contribution in [0.3, 0.4) is 0 Å². The first-order valence-electron chi connectivity index (χ1n) is 22.7. The Morgan fingerprint density at radius 2 is 1.02 bits per heavy atom. The summed E-state index contributed by atoms with van der Waals surface area (Å²) >= 11 is 0. The molecule has 0 N–H and O–H groups in total. The van der Waals surface area contributed by atoms with Crippen LogP contribution >= 0.6 is 7.82 Å². The van der Waals surface area contributed by atoms with Crippen LogP contribution in [0, 0.1) is 0 Å². The molecule has 0 spiro atoms. The van der Waals surface area contributed by atoms with E-state index in [4.69, 9.17) is 18.5 Å². The molecule has 2 unspecified atom stereocenters. The predicted octanol–water partition coefficient (Wildman–Crippen LogP) is 12.9. The molecular weight excluding hydrogens is 734 g/mol. The number of rotatable bonds is 41. The van der Waals surface area contributed by atoms with Crippen LogP contribution in [-0.4, -0.2) is 70.7 Å². The summed E-state index contributed by atoms with van der Waals surface area (Å²) < 4.78 is 34.6. The fraction of sp³-hybridized carbons (Fsp3) is 0.729. The van der Waals surface area contributed by atoms with E-state index in [-0.39, 0.29) is 32.2 Å². The Bertz CT molecular complexity index is 1140. The third kappa shape index (κ3) is 44.9. The van der Waals surface area contributed by atoms with E-state index >= 15 is 0 Å². The molecule has 0 aliphatic carbocycles. The van der Waals surface area contributed by atoms with E-state index in [0.29, 0.717) is 17.6 Å². The first kappa shape index (κ1) is 54.9. The molecule has 0 amide bonds. The molecule has 0 aromatic heterocycles. The maximum atomic E-state index is 12.7. The van der Waals surface area contributed by atoms with Crippen molar-refractivity contribution in [1.82, 2.24) is 0 Å². The van der Waals surface area contributed by atoms with Crippen LogP contribution in [0.15, 0.2) is 72.9 Å². The van der Waals surface area contributed by atoms with Gasteiger partial charge in [-0.2, -0.15) is 0 Å². The van der Waals surface area contributed by atoms with Gasteiger partial charge in [0.25, 0.3) is 7.82 Å². The quantitative estimate of drug-likeness (QED) is 0.0199. The van der Waals surface area contributed by atoms with Gasteiger partial charge in [0.05, 0.1) is 34.4 Å². The summed E-state index contributed by atoms with van der Waals surface area (Å²) in [6.07, 6.45) is 52.0. The van der Waals surface area contributed by atoms with Crippen molar-refractivity contribution >= 4 is 13.8 Å². The number of carbonyl (C=O) groups is 1. The van der Waals surface area contributed by atoms with E-state index < -0.39 is 13.9 Å². The Labute approximate surface area is 351 Å². The molecule has 0 bridgehead atoms. The van der Waals surface area contributed by atoms with E-state index in [0.717, 1.165) is 83.5 Å². The largest absolute Gasteiger partial charge is 0.756 e. The molecule has 2 atom stereocenters. The maximum Gasteiger partial charge on any atom is 0.306 e. The number of ether oxygens (including phenoxy) is 2. The number of quaternary nitrogens is 1. The average molecular weight is 820 g/mol. The summed E-state index contributed by atoms with van der Waals surface area (Å²) in [5.41, 5.74) is 0. The lowest BCUT2D eigenvalue weighted by atomic mass is 10.1. The second-order valence-electron chi connectivity index (χ2n) is 16.0. The number of phosphoric acid groups is 1.